The number of allylic oxidation sites excluding steroid dienone is 1. The molecule has 4 rings (SSSR count). The van der Waals surface area contributed by atoms with Crippen molar-refractivity contribution >= 4 is 35.4 Å². The number of esters is 2. The fourth-order valence-electron chi connectivity index (χ4n) is 9.63. The second-order valence-electron chi connectivity index (χ2n) is 15.2. The van der Waals surface area contributed by atoms with Crippen molar-refractivity contribution < 1.29 is 79.0 Å². The number of aliphatic hydroxyl groups is 1. The molecule has 8 atom stereocenters. The van der Waals surface area contributed by atoms with Gasteiger partial charge in [0.25, 0.3) is 0 Å². The van der Waals surface area contributed by atoms with Crippen LogP contribution >= 0.6 is 0 Å². The minimum Gasteiger partial charge on any atom is -0.480 e. The van der Waals surface area contributed by atoms with Gasteiger partial charge in [0.1, 0.15) is 6.04 Å². The Morgan fingerprint density at radius 1 is 0.907 bits per heavy atom. The summed E-state index contributed by atoms with van der Waals surface area (Å²) in [5.41, 5.74) is -2.33. The summed E-state index contributed by atoms with van der Waals surface area (Å²) >= 11 is 0. The van der Waals surface area contributed by atoms with Crippen molar-refractivity contribution in [2.75, 3.05) is 19.8 Å². The summed E-state index contributed by atoms with van der Waals surface area (Å²) in [5.74, 6) is -5.20. The minimum atomic E-state index is -1.83. The highest BCUT2D eigenvalue weighted by Gasteiger charge is 2.70. The van der Waals surface area contributed by atoms with E-state index in [0.717, 1.165) is 5.57 Å². The van der Waals surface area contributed by atoms with Crippen LogP contribution in [-0.4, -0.2) is 115 Å². The molecule has 0 bridgehead atoms. The van der Waals surface area contributed by atoms with Crippen LogP contribution in [0.5, 0.6) is 0 Å². The maximum Gasteiger partial charge on any atom is 0.326 e. The molecular formula is C35H53N3O16. The van der Waals surface area contributed by atoms with E-state index < -0.39 is 82.0 Å². The Labute approximate surface area is 311 Å². The monoisotopic (exact) mass is 771 g/mol. The van der Waals surface area contributed by atoms with Gasteiger partial charge in [-0.3, -0.25) is 54.5 Å². The number of amides is 1. The lowest BCUT2D eigenvalue weighted by atomic mass is 9.45. The molecule has 4 aliphatic rings. The van der Waals surface area contributed by atoms with E-state index >= 15 is 0 Å². The Hall–Kier alpha value is -3.40. The maximum absolute atomic E-state index is 14.3. The zero-order chi connectivity index (χ0) is 39.8. The van der Waals surface area contributed by atoms with Crippen molar-refractivity contribution in [1.29, 1.82) is 0 Å². The van der Waals surface area contributed by atoms with Gasteiger partial charge in [-0.05, 0) is 87.0 Å². The molecule has 19 heteroatoms. The Morgan fingerprint density at radius 3 is 2.26 bits per heavy atom. The summed E-state index contributed by atoms with van der Waals surface area (Å²) in [7, 11) is 0. The first-order valence-corrected chi connectivity index (χ1v) is 18.4. The molecule has 0 aromatic rings. The third-order valence-corrected chi connectivity index (χ3v) is 12.1. The number of nitrogens with one attached hydrogen (secondary N) is 1. The molecule has 3 fully saturated rings. The molecule has 19 nitrogen and oxygen atoms in total. The van der Waals surface area contributed by atoms with Gasteiger partial charge in [0.15, 0.2) is 18.0 Å². The van der Waals surface area contributed by atoms with Crippen molar-refractivity contribution in [3.8, 4) is 0 Å². The van der Waals surface area contributed by atoms with Crippen LogP contribution in [0.1, 0.15) is 104 Å². The van der Waals surface area contributed by atoms with Gasteiger partial charge in [-0.1, -0.05) is 25.8 Å². The van der Waals surface area contributed by atoms with E-state index in [9.17, 15) is 39.0 Å². The number of carbonyl (C=O) groups is 6. The summed E-state index contributed by atoms with van der Waals surface area (Å²) < 4.78 is 11.3. The number of carbonyl (C=O) groups excluding carboxylic acids is 5. The lowest BCUT2D eigenvalue weighted by molar-refractivity contribution is -0.492. The summed E-state index contributed by atoms with van der Waals surface area (Å²) in [6.45, 7) is 2.72. The molecule has 3 saturated carbocycles. The quantitative estimate of drug-likeness (QED) is 0.0531. The fraction of sp³-hybridized carbons (Fsp3) is 0.771. The Balaban J connectivity index is 1.46. The van der Waals surface area contributed by atoms with Crippen molar-refractivity contribution in [1.82, 2.24) is 16.1 Å². The van der Waals surface area contributed by atoms with Crippen LogP contribution in [0.2, 0.25) is 0 Å². The lowest BCUT2D eigenvalue weighted by Gasteiger charge is -2.60. The smallest absolute Gasteiger partial charge is 0.326 e. The number of ether oxygens (including phenoxy) is 2. The SMILES string of the molecule is C[C@]12CCC(=O)C=C1CCC1C3CC[C@](OC(=O)CCCON(O)O)(C(=O)COC(=O)CC(NC(=O)CCCCCON(O)O)C(=O)O)[C@@]3(C)C[C@H](O)[C@@H]12. The standard InChI is InChI=1S/C35H53N3O16/c1-33-13-11-22(39)17-21(33)9-10-23-24-12-14-35(34(24,2)19-26(40)31(23)33,54-29(43)8-6-16-53-38(49)50)27(41)20-51-30(44)18-25(32(45)46)36-28(42)7-4-3-5-15-52-37(47)48/h17,23-26,31,40,47-50H,3-16,18-20H2,1-2H3,(H,36,42)(H,45,46)/t23?,24?,25?,26-,31+,33-,34-,35-/m0/s1. The molecule has 0 saturated heterocycles. The molecule has 0 spiro atoms. The molecule has 0 aliphatic heterocycles. The van der Waals surface area contributed by atoms with E-state index in [1.54, 1.807) is 13.0 Å². The first-order chi connectivity index (χ1) is 25.4. The number of aliphatic carboxylic acids is 1. The number of hydrogen-bond acceptors (Lipinski definition) is 17. The van der Waals surface area contributed by atoms with Crippen molar-refractivity contribution in [3.63, 3.8) is 0 Å². The number of nitrogens with zero attached hydrogens (tertiary/aromatic N) is 2. The molecule has 3 unspecified atom stereocenters. The number of aliphatic hydroxyl groups excluding tert-OH is 1. The highest BCUT2D eigenvalue weighted by molar-refractivity contribution is 5.94. The minimum absolute atomic E-state index is 0.00174. The molecule has 0 heterocycles. The number of ketones is 2. The van der Waals surface area contributed by atoms with E-state index in [1.165, 1.54) is 0 Å². The summed E-state index contributed by atoms with van der Waals surface area (Å²) in [6.07, 6.45) is 3.66. The van der Waals surface area contributed by atoms with E-state index in [-0.39, 0.29) is 68.9 Å². The average molecular weight is 772 g/mol. The Kier molecular flexibility index (Phi) is 14.8. The summed E-state index contributed by atoms with van der Waals surface area (Å²) in [5, 5.41) is 57.5. The normalized spacial score (nSPS) is 30.8. The van der Waals surface area contributed by atoms with Crippen LogP contribution in [0.3, 0.4) is 0 Å². The molecule has 1 amide bonds. The average Bonchev–Trinajstić information content (AvgIpc) is 3.38. The molecular weight excluding hydrogens is 718 g/mol. The maximum atomic E-state index is 14.3. The number of Topliss-reactive ketones (excluding diaryl/α,β-unsaturated/α-hetero) is 1. The van der Waals surface area contributed by atoms with Crippen LogP contribution in [0.15, 0.2) is 11.6 Å². The first-order valence-electron chi connectivity index (χ1n) is 18.4. The van der Waals surface area contributed by atoms with Gasteiger partial charge >= 0.3 is 17.9 Å². The highest BCUT2D eigenvalue weighted by atomic mass is 17.1. The van der Waals surface area contributed by atoms with Crippen molar-refractivity contribution in [3.05, 3.63) is 11.6 Å². The summed E-state index contributed by atoms with van der Waals surface area (Å²) in [4.78, 5) is 86.0. The predicted octanol–water partition coefficient (Wildman–Crippen LogP) is 2.21. The van der Waals surface area contributed by atoms with Gasteiger partial charge in [0, 0.05) is 24.7 Å². The van der Waals surface area contributed by atoms with Gasteiger partial charge in [-0.2, -0.15) is 0 Å². The zero-order valence-corrected chi connectivity index (χ0v) is 30.6. The van der Waals surface area contributed by atoms with E-state index in [4.69, 9.17) is 30.3 Å². The highest BCUT2D eigenvalue weighted by Crippen LogP contribution is 2.68. The zero-order valence-electron chi connectivity index (χ0n) is 30.6. The Morgan fingerprint density at radius 2 is 1.59 bits per heavy atom. The van der Waals surface area contributed by atoms with E-state index in [1.807, 2.05) is 0 Å². The molecule has 4 aliphatic carbocycles. The molecule has 7 N–H and O–H groups in total. The van der Waals surface area contributed by atoms with Crippen LogP contribution in [-0.2, 0) is 47.9 Å². The Bertz CT molecular complexity index is 1440. The number of unbranched alkanes of at least 4 members (excludes halogenated alkanes) is 2. The van der Waals surface area contributed by atoms with Crippen LogP contribution in [0.4, 0.5) is 0 Å². The number of fused-ring (bicyclic) bond motifs is 5. The topological polar surface area (TPSA) is 279 Å². The number of rotatable bonds is 20. The molecule has 0 radical (unpaired) electrons. The second kappa shape index (κ2) is 18.5. The van der Waals surface area contributed by atoms with Gasteiger partial charge in [0.05, 0.1) is 36.5 Å². The molecule has 54 heavy (non-hydrogen) atoms. The number of carboxylic acid groups (broad SMARTS) is 1. The molecule has 0 aromatic heterocycles. The van der Waals surface area contributed by atoms with Gasteiger partial charge in [-0.15, -0.1) is 0 Å². The largest absolute Gasteiger partial charge is 0.480 e. The second-order valence-corrected chi connectivity index (χ2v) is 15.2. The number of hydrogen-bond donors (Lipinski definition) is 7. The van der Waals surface area contributed by atoms with Gasteiger partial charge in [-0.25, -0.2) is 4.79 Å². The first kappa shape index (κ1) is 43.3. The van der Waals surface area contributed by atoms with Crippen LogP contribution in [0.25, 0.3) is 0 Å². The van der Waals surface area contributed by atoms with Crippen LogP contribution in [0, 0.1) is 28.6 Å². The predicted molar refractivity (Wildman–Crippen MR) is 178 cm³/mol. The molecule has 0 aromatic carbocycles. The van der Waals surface area contributed by atoms with Crippen LogP contribution < -0.4 is 5.32 Å². The van der Waals surface area contributed by atoms with Gasteiger partial charge in [0.2, 0.25) is 11.7 Å². The molecule has 304 valence electrons. The van der Waals surface area contributed by atoms with Gasteiger partial charge < -0.3 is 25.0 Å². The third kappa shape index (κ3) is 9.87. The van der Waals surface area contributed by atoms with E-state index in [2.05, 4.69) is 21.9 Å². The summed E-state index contributed by atoms with van der Waals surface area (Å²) in [6, 6.07) is -1.66. The fourth-order valence-corrected chi connectivity index (χ4v) is 9.63. The van der Waals surface area contributed by atoms with E-state index in [0.29, 0.717) is 51.4 Å². The number of carboxylic acids is 1. The lowest BCUT2D eigenvalue weighted by Crippen LogP contribution is -2.63. The third-order valence-electron chi connectivity index (χ3n) is 12.1. The van der Waals surface area contributed by atoms with Crippen molar-refractivity contribution in [2.45, 2.75) is 121 Å². The van der Waals surface area contributed by atoms with Crippen molar-refractivity contribution in [2.24, 2.45) is 28.6 Å².